The molecule has 1 fully saturated rings. The molecule has 1 atom stereocenters. The number of fused-ring (bicyclic) bond motifs is 1. The Balaban J connectivity index is 1.70. The zero-order chi connectivity index (χ0) is 19.2. The molecule has 3 heterocycles. The summed E-state index contributed by atoms with van der Waals surface area (Å²) in [6.07, 6.45) is 1.00. The maximum atomic E-state index is 14.5. The van der Waals surface area contributed by atoms with Crippen LogP contribution in [0.5, 0.6) is 0 Å². The number of piperidine rings is 1. The van der Waals surface area contributed by atoms with Crippen LogP contribution in [-0.4, -0.2) is 49.4 Å². The number of halogens is 2. The van der Waals surface area contributed by atoms with Gasteiger partial charge in [-0.15, -0.1) is 0 Å². The number of alkyl halides is 2. The third-order valence-corrected chi connectivity index (χ3v) is 4.79. The number of hydrogen-bond acceptors (Lipinski definition) is 4. The molecule has 27 heavy (non-hydrogen) atoms. The Morgan fingerprint density at radius 3 is 2.85 bits per heavy atom. The minimum Gasteiger partial charge on any atom is -0.332 e. The maximum Gasteiger partial charge on any atom is 0.266 e. The van der Waals surface area contributed by atoms with E-state index < -0.39 is 18.4 Å². The van der Waals surface area contributed by atoms with Crippen LogP contribution in [0.25, 0.3) is 5.78 Å². The molecule has 0 spiro atoms. The summed E-state index contributed by atoms with van der Waals surface area (Å²) in [6, 6.07) is 8.74. The van der Waals surface area contributed by atoms with E-state index in [1.165, 1.54) is 15.7 Å². The van der Waals surface area contributed by atoms with Crippen LogP contribution in [0.4, 0.5) is 8.78 Å². The lowest BCUT2D eigenvalue weighted by Crippen LogP contribution is -2.49. The van der Waals surface area contributed by atoms with Crippen molar-refractivity contribution < 1.29 is 13.6 Å². The fourth-order valence-corrected chi connectivity index (χ4v) is 3.66. The molecule has 0 saturated carbocycles. The highest BCUT2D eigenvalue weighted by atomic mass is 19.3. The Labute approximate surface area is 154 Å². The van der Waals surface area contributed by atoms with Gasteiger partial charge in [0.15, 0.2) is 0 Å². The van der Waals surface area contributed by atoms with Crippen LogP contribution < -0.4 is 0 Å². The molecule has 0 bridgehead atoms. The number of carbonyl (C=O) groups excluding carboxylic acids is 1. The summed E-state index contributed by atoms with van der Waals surface area (Å²) < 4.78 is 30.5. The van der Waals surface area contributed by atoms with Gasteiger partial charge < -0.3 is 4.90 Å². The molecule has 0 N–H and O–H groups in total. The Morgan fingerprint density at radius 1 is 1.26 bits per heavy atom. The van der Waals surface area contributed by atoms with Crippen molar-refractivity contribution in [2.45, 2.75) is 32.1 Å². The molecule has 1 aromatic carbocycles. The number of aryl methyl sites for hydroxylation is 2. The van der Waals surface area contributed by atoms with E-state index in [9.17, 15) is 13.6 Å². The average molecular weight is 371 g/mol. The van der Waals surface area contributed by atoms with E-state index in [0.717, 1.165) is 5.56 Å². The molecule has 6 nitrogen and oxygen atoms in total. The van der Waals surface area contributed by atoms with Crippen molar-refractivity contribution in [3.8, 4) is 0 Å². The van der Waals surface area contributed by atoms with Crippen LogP contribution in [0, 0.1) is 13.8 Å². The first-order valence-electron chi connectivity index (χ1n) is 8.73. The lowest BCUT2D eigenvalue weighted by molar-refractivity contribution is -0.0641. The molecule has 2 aromatic heterocycles. The summed E-state index contributed by atoms with van der Waals surface area (Å²) in [7, 11) is 0. The molecular weight excluding hydrogens is 352 g/mol. The second-order valence-electron chi connectivity index (χ2n) is 7.11. The van der Waals surface area contributed by atoms with E-state index in [1.54, 1.807) is 31.2 Å². The SMILES string of the molecule is Cc1cccc(C(=O)N2CC(c3cc(C)nc4ncnn34)CC(F)(F)C2)c1. The third-order valence-electron chi connectivity index (χ3n) is 4.79. The van der Waals surface area contributed by atoms with Crippen LogP contribution in [0.1, 0.15) is 39.6 Å². The zero-order valence-electron chi connectivity index (χ0n) is 15.1. The summed E-state index contributed by atoms with van der Waals surface area (Å²) in [4.78, 5) is 22.4. The Kier molecular flexibility index (Phi) is 4.13. The molecule has 1 aliphatic rings. The van der Waals surface area contributed by atoms with Crippen molar-refractivity contribution in [1.29, 1.82) is 0 Å². The number of benzene rings is 1. The van der Waals surface area contributed by atoms with Crippen LogP contribution >= 0.6 is 0 Å². The predicted octanol–water partition coefficient (Wildman–Crippen LogP) is 3.01. The van der Waals surface area contributed by atoms with Crippen molar-refractivity contribution >= 4 is 11.7 Å². The molecular formula is C19H19F2N5O. The van der Waals surface area contributed by atoms with Gasteiger partial charge in [0.2, 0.25) is 0 Å². The number of hydrogen-bond donors (Lipinski definition) is 0. The molecule has 0 aliphatic carbocycles. The summed E-state index contributed by atoms with van der Waals surface area (Å²) in [5, 5.41) is 4.12. The van der Waals surface area contributed by atoms with Gasteiger partial charge in [-0.2, -0.15) is 10.1 Å². The average Bonchev–Trinajstić information content (AvgIpc) is 3.07. The molecule has 140 valence electrons. The van der Waals surface area contributed by atoms with Crippen LogP contribution in [0.15, 0.2) is 36.7 Å². The monoisotopic (exact) mass is 371 g/mol. The number of likely N-dealkylation sites (tertiary alicyclic amines) is 1. The Morgan fingerprint density at radius 2 is 2.07 bits per heavy atom. The molecule has 1 aliphatic heterocycles. The summed E-state index contributed by atoms with van der Waals surface area (Å²) in [5.74, 6) is -3.56. The molecule has 1 amide bonds. The minimum atomic E-state index is -2.98. The van der Waals surface area contributed by atoms with Gasteiger partial charge in [-0.3, -0.25) is 4.79 Å². The third kappa shape index (κ3) is 3.39. The second-order valence-corrected chi connectivity index (χ2v) is 7.11. The summed E-state index contributed by atoms with van der Waals surface area (Å²) in [6.45, 7) is 3.27. The highest BCUT2D eigenvalue weighted by molar-refractivity contribution is 5.94. The van der Waals surface area contributed by atoms with E-state index in [1.807, 2.05) is 13.0 Å². The topological polar surface area (TPSA) is 63.4 Å². The van der Waals surface area contributed by atoms with Crippen molar-refractivity contribution in [2.24, 2.45) is 0 Å². The molecule has 0 radical (unpaired) electrons. The maximum absolute atomic E-state index is 14.5. The molecule has 3 aromatic rings. The van der Waals surface area contributed by atoms with Crippen LogP contribution in [-0.2, 0) is 0 Å². The van der Waals surface area contributed by atoms with E-state index >= 15 is 0 Å². The van der Waals surface area contributed by atoms with Gasteiger partial charge in [-0.25, -0.2) is 18.3 Å². The van der Waals surface area contributed by atoms with Crippen LogP contribution in [0.3, 0.4) is 0 Å². The normalized spacial score (nSPS) is 19.4. The van der Waals surface area contributed by atoms with Gasteiger partial charge in [0.1, 0.15) is 6.33 Å². The van der Waals surface area contributed by atoms with Crippen molar-refractivity contribution in [3.63, 3.8) is 0 Å². The fourth-order valence-electron chi connectivity index (χ4n) is 3.66. The van der Waals surface area contributed by atoms with Gasteiger partial charge in [0.05, 0.1) is 12.2 Å². The molecule has 8 heteroatoms. The number of aromatic nitrogens is 4. The molecule has 4 rings (SSSR count). The molecule has 1 saturated heterocycles. The lowest BCUT2D eigenvalue weighted by atomic mass is 9.91. The van der Waals surface area contributed by atoms with Crippen molar-refractivity contribution in [1.82, 2.24) is 24.5 Å². The highest BCUT2D eigenvalue weighted by Gasteiger charge is 2.43. The second kappa shape index (κ2) is 6.37. The van der Waals surface area contributed by atoms with Crippen molar-refractivity contribution in [3.05, 3.63) is 59.2 Å². The lowest BCUT2D eigenvalue weighted by Gasteiger charge is -2.37. The van der Waals surface area contributed by atoms with Gasteiger partial charge in [0, 0.05) is 30.1 Å². The fraction of sp³-hybridized carbons (Fsp3) is 0.368. The number of amides is 1. The van der Waals surface area contributed by atoms with E-state index in [2.05, 4.69) is 15.1 Å². The number of rotatable bonds is 2. The number of carbonyl (C=O) groups is 1. The predicted molar refractivity (Wildman–Crippen MR) is 94.9 cm³/mol. The standard InChI is InChI=1S/C19H19F2N5O/c1-12-4-3-5-14(6-12)17(27)25-9-15(8-19(20,21)10-25)16-7-13(2)24-18-22-11-23-26(16)18/h3-7,11,15H,8-10H2,1-2H3. The summed E-state index contributed by atoms with van der Waals surface area (Å²) in [5.41, 5.74) is 2.60. The van der Waals surface area contributed by atoms with Crippen molar-refractivity contribution in [2.75, 3.05) is 13.1 Å². The summed E-state index contributed by atoms with van der Waals surface area (Å²) >= 11 is 0. The van der Waals surface area contributed by atoms with E-state index in [-0.39, 0.29) is 18.9 Å². The molecule has 1 unspecified atom stereocenters. The minimum absolute atomic E-state index is 0.195. The first-order valence-corrected chi connectivity index (χ1v) is 8.73. The van der Waals surface area contributed by atoms with Gasteiger partial charge >= 0.3 is 0 Å². The Hall–Kier alpha value is -2.90. The van der Waals surface area contributed by atoms with E-state index in [4.69, 9.17) is 0 Å². The zero-order valence-corrected chi connectivity index (χ0v) is 15.1. The van der Waals surface area contributed by atoms with Crippen LogP contribution in [0.2, 0.25) is 0 Å². The van der Waals surface area contributed by atoms with Gasteiger partial charge in [-0.05, 0) is 32.0 Å². The van der Waals surface area contributed by atoms with Gasteiger partial charge in [-0.1, -0.05) is 17.7 Å². The number of nitrogens with zero attached hydrogens (tertiary/aromatic N) is 5. The Bertz CT molecular complexity index is 1020. The van der Waals surface area contributed by atoms with Gasteiger partial charge in [0.25, 0.3) is 17.6 Å². The first kappa shape index (κ1) is 17.5. The quantitative estimate of drug-likeness (QED) is 0.695. The van der Waals surface area contributed by atoms with E-state index in [0.29, 0.717) is 22.7 Å². The largest absolute Gasteiger partial charge is 0.332 e. The highest BCUT2D eigenvalue weighted by Crippen LogP contribution is 2.36. The first-order chi connectivity index (χ1) is 12.8. The smallest absolute Gasteiger partial charge is 0.266 e.